The van der Waals surface area contributed by atoms with Crippen LogP contribution in [-0.4, -0.2) is 26.0 Å². The van der Waals surface area contributed by atoms with Gasteiger partial charge in [0.15, 0.2) is 0 Å². The summed E-state index contributed by atoms with van der Waals surface area (Å²) in [6, 6.07) is 17.5. The molecule has 3 aromatic rings. The highest BCUT2D eigenvalue weighted by Crippen LogP contribution is 2.32. The molecule has 0 spiro atoms. The molecule has 1 atom stereocenters. The van der Waals surface area contributed by atoms with Gasteiger partial charge in [-0.1, -0.05) is 50.2 Å². The molecule has 1 fully saturated rings. The molecule has 0 aliphatic carbocycles. The largest absolute Gasteiger partial charge is 0.291 e. The van der Waals surface area contributed by atoms with Crippen LogP contribution in [0.5, 0.6) is 0 Å². The van der Waals surface area contributed by atoms with Crippen molar-refractivity contribution in [1.29, 1.82) is 0 Å². The molecule has 26 heavy (non-hydrogen) atoms. The Morgan fingerprint density at radius 2 is 1.92 bits per heavy atom. The number of pyridine rings is 1. The van der Waals surface area contributed by atoms with E-state index in [1.165, 1.54) is 24.1 Å². The van der Waals surface area contributed by atoms with E-state index in [-0.39, 0.29) is 0 Å². The highest BCUT2D eigenvalue weighted by Gasteiger charge is 2.27. The first-order chi connectivity index (χ1) is 12.7. The Hall–Kier alpha value is -2.46. The zero-order valence-electron chi connectivity index (χ0n) is 15.5. The Morgan fingerprint density at radius 3 is 2.73 bits per heavy atom. The van der Waals surface area contributed by atoms with E-state index < -0.39 is 0 Å². The van der Waals surface area contributed by atoms with Crippen molar-refractivity contribution in [1.82, 2.24) is 19.4 Å². The number of imidazole rings is 1. The second kappa shape index (κ2) is 7.42. The number of hydrogen-bond acceptors (Lipinski definition) is 3. The van der Waals surface area contributed by atoms with E-state index in [4.69, 9.17) is 4.98 Å². The van der Waals surface area contributed by atoms with Gasteiger partial charge in [0.25, 0.3) is 0 Å². The van der Waals surface area contributed by atoms with Crippen molar-refractivity contribution in [3.8, 4) is 5.82 Å². The number of nitrogens with zero attached hydrogens (tertiary/aromatic N) is 4. The van der Waals surface area contributed by atoms with Crippen molar-refractivity contribution < 1.29 is 0 Å². The Kier molecular flexibility index (Phi) is 4.85. The Bertz CT molecular complexity index is 853. The fourth-order valence-corrected chi connectivity index (χ4v) is 3.86. The van der Waals surface area contributed by atoms with Gasteiger partial charge < -0.3 is 0 Å². The number of aromatic nitrogens is 3. The van der Waals surface area contributed by atoms with E-state index in [2.05, 4.69) is 76.8 Å². The lowest BCUT2D eigenvalue weighted by atomic mass is 10.1. The van der Waals surface area contributed by atoms with Gasteiger partial charge in [0, 0.05) is 24.9 Å². The molecule has 1 aromatic carbocycles. The van der Waals surface area contributed by atoms with Gasteiger partial charge in [-0.25, -0.2) is 9.97 Å². The summed E-state index contributed by atoms with van der Waals surface area (Å²) in [5.41, 5.74) is 2.53. The van der Waals surface area contributed by atoms with E-state index in [9.17, 15) is 0 Å². The van der Waals surface area contributed by atoms with Gasteiger partial charge in [0.1, 0.15) is 11.6 Å². The van der Waals surface area contributed by atoms with Crippen molar-refractivity contribution in [3.05, 3.63) is 78.0 Å². The van der Waals surface area contributed by atoms with Gasteiger partial charge in [0.05, 0.1) is 11.7 Å². The van der Waals surface area contributed by atoms with Crippen LogP contribution >= 0.6 is 0 Å². The van der Waals surface area contributed by atoms with Crippen LogP contribution in [0, 0.1) is 0 Å². The van der Waals surface area contributed by atoms with Crippen LogP contribution in [0.25, 0.3) is 5.82 Å². The van der Waals surface area contributed by atoms with E-state index >= 15 is 0 Å². The van der Waals surface area contributed by atoms with Crippen molar-refractivity contribution in [2.24, 2.45) is 0 Å². The van der Waals surface area contributed by atoms with Crippen molar-refractivity contribution in [3.63, 3.8) is 0 Å². The predicted octanol–water partition coefficient (Wildman–Crippen LogP) is 4.73. The Balaban J connectivity index is 1.60. The lowest BCUT2D eigenvalue weighted by Crippen LogP contribution is -2.23. The molecule has 0 radical (unpaired) electrons. The predicted molar refractivity (Wildman–Crippen MR) is 104 cm³/mol. The average molecular weight is 346 g/mol. The lowest BCUT2D eigenvalue weighted by molar-refractivity contribution is 0.244. The molecule has 2 aromatic heterocycles. The third-order valence-electron chi connectivity index (χ3n) is 5.12. The summed E-state index contributed by atoms with van der Waals surface area (Å²) in [5, 5.41) is 0. The fourth-order valence-electron chi connectivity index (χ4n) is 3.86. The van der Waals surface area contributed by atoms with E-state index in [0.717, 1.165) is 24.7 Å². The standard InChI is InChI=1S/C22H26N4/c1-17(2)22-23-13-15-26(22)21-12-6-10-19(24-21)20-11-7-14-25(20)16-18-8-4-3-5-9-18/h3-6,8-10,12-13,15,17,20H,7,11,14,16H2,1-2H3/t20-/m0/s1. The highest BCUT2D eigenvalue weighted by atomic mass is 15.2. The molecular formula is C22H26N4. The minimum atomic E-state index is 0.372. The molecular weight excluding hydrogens is 320 g/mol. The SMILES string of the molecule is CC(C)c1nccn1-c1cccc([C@@H]2CCCN2Cc2ccccc2)n1. The molecule has 4 rings (SSSR count). The van der Waals surface area contributed by atoms with Crippen LogP contribution in [0.2, 0.25) is 0 Å². The minimum Gasteiger partial charge on any atom is -0.291 e. The third-order valence-corrected chi connectivity index (χ3v) is 5.12. The minimum absolute atomic E-state index is 0.372. The summed E-state index contributed by atoms with van der Waals surface area (Å²) < 4.78 is 2.12. The van der Waals surface area contributed by atoms with Crippen LogP contribution in [0.3, 0.4) is 0 Å². The smallest absolute Gasteiger partial charge is 0.138 e. The molecule has 1 saturated heterocycles. The molecule has 4 nitrogen and oxygen atoms in total. The van der Waals surface area contributed by atoms with Crippen molar-refractivity contribution >= 4 is 0 Å². The summed E-state index contributed by atoms with van der Waals surface area (Å²) in [7, 11) is 0. The molecule has 0 N–H and O–H groups in total. The van der Waals surface area contributed by atoms with Gasteiger partial charge in [-0.15, -0.1) is 0 Å². The van der Waals surface area contributed by atoms with E-state index in [0.29, 0.717) is 12.0 Å². The van der Waals surface area contributed by atoms with Crippen molar-refractivity contribution in [2.45, 2.75) is 45.2 Å². The van der Waals surface area contributed by atoms with Gasteiger partial charge in [-0.05, 0) is 37.1 Å². The fraction of sp³-hybridized carbons (Fsp3) is 0.364. The summed E-state index contributed by atoms with van der Waals surface area (Å²) in [4.78, 5) is 12.1. The molecule has 1 aliphatic heterocycles. The van der Waals surface area contributed by atoms with Crippen LogP contribution in [0.15, 0.2) is 60.9 Å². The second-order valence-corrected chi connectivity index (χ2v) is 7.34. The molecule has 0 saturated carbocycles. The molecule has 0 amide bonds. The summed E-state index contributed by atoms with van der Waals surface area (Å²) >= 11 is 0. The van der Waals surface area contributed by atoms with Gasteiger partial charge in [0.2, 0.25) is 0 Å². The zero-order chi connectivity index (χ0) is 17.9. The molecule has 0 bridgehead atoms. The molecule has 4 heteroatoms. The first-order valence-electron chi connectivity index (χ1n) is 9.51. The third kappa shape index (κ3) is 3.42. The Morgan fingerprint density at radius 1 is 1.08 bits per heavy atom. The highest BCUT2D eigenvalue weighted by molar-refractivity contribution is 5.29. The van der Waals surface area contributed by atoms with Crippen LogP contribution in [0.1, 0.15) is 55.7 Å². The summed E-state index contributed by atoms with van der Waals surface area (Å²) in [6.45, 7) is 6.45. The van der Waals surface area contributed by atoms with Gasteiger partial charge >= 0.3 is 0 Å². The maximum Gasteiger partial charge on any atom is 0.138 e. The second-order valence-electron chi connectivity index (χ2n) is 7.34. The van der Waals surface area contributed by atoms with Crippen LogP contribution < -0.4 is 0 Å². The first kappa shape index (κ1) is 17.0. The van der Waals surface area contributed by atoms with Gasteiger partial charge in [-0.2, -0.15) is 0 Å². The number of likely N-dealkylation sites (tertiary alicyclic amines) is 1. The van der Waals surface area contributed by atoms with Crippen molar-refractivity contribution in [2.75, 3.05) is 6.54 Å². The lowest BCUT2D eigenvalue weighted by Gasteiger charge is -2.24. The molecule has 134 valence electrons. The molecule has 0 unspecified atom stereocenters. The van der Waals surface area contributed by atoms with Crippen LogP contribution in [-0.2, 0) is 6.54 Å². The summed E-state index contributed by atoms with van der Waals surface area (Å²) in [5.74, 6) is 2.40. The first-order valence-corrected chi connectivity index (χ1v) is 9.51. The molecule has 3 heterocycles. The molecule has 1 aliphatic rings. The summed E-state index contributed by atoms with van der Waals surface area (Å²) in [6.07, 6.45) is 6.27. The maximum absolute atomic E-state index is 5.01. The quantitative estimate of drug-likeness (QED) is 0.670. The Labute approximate surface area is 155 Å². The number of hydrogen-bond donors (Lipinski definition) is 0. The average Bonchev–Trinajstić information content (AvgIpc) is 3.32. The van der Waals surface area contributed by atoms with Crippen LogP contribution in [0.4, 0.5) is 0 Å². The normalized spacial score (nSPS) is 17.9. The van der Waals surface area contributed by atoms with E-state index in [1.807, 2.05) is 12.4 Å². The zero-order valence-corrected chi connectivity index (χ0v) is 15.5. The monoisotopic (exact) mass is 346 g/mol. The van der Waals surface area contributed by atoms with Gasteiger partial charge in [-0.3, -0.25) is 9.47 Å². The maximum atomic E-state index is 5.01. The number of rotatable bonds is 5. The van der Waals surface area contributed by atoms with E-state index in [1.54, 1.807) is 0 Å². The topological polar surface area (TPSA) is 34.0 Å². The number of benzene rings is 1.